The zero-order chi connectivity index (χ0) is 13.3. The van der Waals surface area contributed by atoms with E-state index in [1.807, 2.05) is 38.7 Å². The van der Waals surface area contributed by atoms with Gasteiger partial charge in [0.2, 0.25) is 5.91 Å². The highest BCUT2D eigenvalue weighted by atomic mass is 16.5. The van der Waals surface area contributed by atoms with Crippen molar-refractivity contribution in [3.63, 3.8) is 0 Å². The summed E-state index contributed by atoms with van der Waals surface area (Å²) in [5.74, 6) is 1.03. The molecule has 1 aromatic rings. The van der Waals surface area contributed by atoms with Gasteiger partial charge in [-0.2, -0.15) is 0 Å². The molecule has 0 aliphatic carbocycles. The van der Waals surface area contributed by atoms with Gasteiger partial charge in [0.05, 0.1) is 11.7 Å². The van der Waals surface area contributed by atoms with Gasteiger partial charge in [-0.05, 0) is 19.3 Å². The monoisotopic (exact) mass is 250 g/mol. The Morgan fingerprint density at radius 1 is 1.56 bits per heavy atom. The van der Waals surface area contributed by atoms with Gasteiger partial charge in [-0.25, -0.2) is 0 Å². The Kier molecular flexibility index (Phi) is 3.46. The van der Waals surface area contributed by atoms with Crippen molar-refractivity contribution in [3.05, 3.63) is 17.5 Å². The topological polar surface area (TPSA) is 46.3 Å². The highest BCUT2D eigenvalue weighted by Crippen LogP contribution is 2.35. The average Bonchev–Trinajstić information content (AvgIpc) is 2.94. The first kappa shape index (κ1) is 13.1. The van der Waals surface area contributed by atoms with Crippen molar-refractivity contribution in [2.75, 3.05) is 6.54 Å². The molecule has 0 bridgehead atoms. The lowest BCUT2D eigenvalue weighted by molar-refractivity contribution is -0.140. The lowest BCUT2D eigenvalue weighted by Crippen LogP contribution is -2.38. The minimum absolute atomic E-state index is 0.0736. The number of hydrogen-bond donors (Lipinski definition) is 0. The second-order valence-corrected chi connectivity index (χ2v) is 5.98. The van der Waals surface area contributed by atoms with Crippen LogP contribution in [0.3, 0.4) is 0 Å². The predicted octanol–water partition coefficient (Wildman–Crippen LogP) is 2.95. The molecule has 18 heavy (non-hydrogen) atoms. The van der Waals surface area contributed by atoms with E-state index in [1.165, 1.54) is 0 Å². The molecule has 2 rings (SSSR count). The van der Waals surface area contributed by atoms with Crippen molar-refractivity contribution in [2.24, 2.45) is 5.41 Å². The van der Waals surface area contributed by atoms with Gasteiger partial charge in [0.25, 0.3) is 0 Å². The van der Waals surface area contributed by atoms with Crippen LogP contribution in [-0.4, -0.2) is 22.5 Å². The van der Waals surface area contributed by atoms with Crippen molar-refractivity contribution in [3.8, 4) is 0 Å². The zero-order valence-electron chi connectivity index (χ0n) is 11.7. The van der Waals surface area contributed by atoms with Crippen LogP contribution in [0, 0.1) is 5.41 Å². The number of carbonyl (C=O) groups excluding carboxylic acids is 1. The number of amides is 1. The normalized spacial score (nSPS) is 20.4. The van der Waals surface area contributed by atoms with Crippen LogP contribution in [0.4, 0.5) is 0 Å². The summed E-state index contributed by atoms with van der Waals surface area (Å²) in [4.78, 5) is 14.3. The Morgan fingerprint density at radius 3 is 2.83 bits per heavy atom. The van der Waals surface area contributed by atoms with Gasteiger partial charge in [-0.15, -0.1) is 0 Å². The van der Waals surface area contributed by atoms with E-state index in [4.69, 9.17) is 4.52 Å². The first-order valence-corrected chi connectivity index (χ1v) is 6.70. The zero-order valence-corrected chi connectivity index (χ0v) is 11.7. The van der Waals surface area contributed by atoms with E-state index in [0.29, 0.717) is 0 Å². The van der Waals surface area contributed by atoms with Crippen molar-refractivity contribution in [1.29, 1.82) is 0 Å². The maximum Gasteiger partial charge on any atom is 0.228 e. The van der Waals surface area contributed by atoms with Crippen LogP contribution >= 0.6 is 0 Å². The molecule has 0 saturated carbocycles. The molecule has 1 aromatic heterocycles. The maximum absolute atomic E-state index is 12.4. The fourth-order valence-electron chi connectivity index (χ4n) is 2.39. The van der Waals surface area contributed by atoms with E-state index in [2.05, 4.69) is 5.16 Å². The van der Waals surface area contributed by atoms with Crippen LogP contribution in [-0.2, 0) is 11.2 Å². The lowest BCUT2D eigenvalue weighted by atomic mass is 9.94. The first-order valence-electron chi connectivity index (χ1n) is 6.70. The Morgan fingerprint density at radius 2 is 2.28 bits per heavy atom. The molecule has 1 aliphatic rings. The van der Waals surface area contributed by atoms with Crippen molar-refractivity contribution in [1.82, 2.24) is 10.1 Å². The number of likely N-dealkylation sites (tertiary alicyclic amines) is 1. The summed E-state index contributed by atoms with van der Waals surface area (Å²) in [6.07, 6.45) is 2.87. The Bertz CT molecular complexity index is 431. The number of rotatable bonds is 2. The number of hydrogen-bond acceptors (Lipinski definition) is 3. The summed E-state index contributed by atoms with van der Waals surface area (Å²) in [6.45, 7) is 8.75. The molecule has 2 heterocycles. The third kappa shape index (κ3) is 2.42. The fourth-order valence-corrected chi connectivity index (χ4v) is 2.39. The van der Waals surface area contributed by atoms with E-state index in [1.54, 1.807) is 0 Å². The molecule has 0 spiro atoms. The minimum atomic E-state index is -0.337. The van der Waals surface area contributed by atoms with Crippen LogP contribution in [0.1, 0.15) is 58.0 Å². The van der Waals surface area contributed by atoms with E-state index < -0.39 is 0 Å². The van der Waals surface area contributed by atoms with Gasteiger partial charge in [0.15, 0.2) is 5.76 Å². The molecule has 0 radical (unpaired) electrons. The van der Waals surface area contributed by atoms with E-state index in [9.17, 15) is 4.79 Å². The summed E-state index contributed by atoms with van der Waals surface area (Å²) >= 11 is 0. The van der Waals surface area contributed by atoms with Crippen molar-refractivity contribution in [2.45, 2.75) is 53.0 Å². The molecular weight excluding hydrogens is 228 g/mol. The molecule has 1 aliphatic heterocycles. The molecule has 1 saturated heterocycles. The highest BCUT2D eigenvalue weighted by Gasteiger charge is 2.37. The maximum atomic E-state index is 12.4. The molecule has 1 unspecified atom stereocenters. The van der Waals surface area contributed by atoms with Crippen LogP contribution in [0.25, 0.3) is 0 Å². The molecule has 1 fully saturated rings. The minimum Gasteiger partial charge on any atom is -0.359 e. The van der Waals surface area contributed by atoms with E-state index in [0.717, 1.165) is 37.3 Å². The predicted molar refractivity (Wildman–Crippen MR) is 69.0 cm³/mol. The molecular formula is C14H22N2O2. The quantitative estimate of drug-likeness (QED) is 0.810. The summed E-state index contributed by atoms with van der Waals surface area (Å²) in [6, 6.07) is 2.06. The lowest BCUT2D eigenvalue weighted by Gasteiger charge is -2.29. The van der Waals surface area contributed by atoms with E-state index in [-0.39, 0.29) is 17.4 Å². The summed E-state index contributed by atoms with van der Waals surface area (Å²) in [5.41, 5.74) is 0.621. The summed E-state index contributed by atoms with van der Waals surface area (Å²) in [5, 5.41) is 4.02. The largest absolute Gasteiger partial charge is 0.359 e. The third-order valence-corrected chi connectivity index (χ3v) is 3.42. The SMILES string of the molecule is CCc1cc(C2CCCN2C(=O)C(C)(C)C)on1. The van der Waals surface area contributed by atoms with Gasteiger partial charge in [0, 0.05) is 18.0 Å². The molecule has 4 heteroatoms. The molecule has 1 amide bonds. The van der Waals surface area contributed by atoms with Gasteiger partial charge < -0.3 is 9.42 Å². The van der Waals surface area contributed by atoms with Gasteiger partial charge in [-0.1, -0.05) is 32.9 Å². The van der Waals surface area contributed by atoms with Gasteiger partial charge in [0.1, 0.15) is 0 Å². The van der Waals surface area contributed by atoms with E-state index >= 15 is 0 Å². The van der Waals surface area contributed by atoms with Gasteiger partial charge in [-0.3, -0.25) is 4.79 Å². The number of aryl methyl sites for hydroxylation is 1. The molecule has 100 valence electrons. The standard InChI is InChI=1S/C14H22N2O2/c1-5-10-9-12(18-15-10)11-7-6-8-16(11)13(17)14(2,3)4/h9,11H,5-8H2,1-4H3. The molecule has 0 N–H and O–H groups in total. The summed E-state index contributed by atoms with van der Waals surface area (Å²) in [7, 11) is 0. The van der Waals surface area contributed by atoms with Crippen LogP contribution < -0.4 is 0 Å². The first-order chi connectivity index (χ1) is 8.43. The van der Waals surface area contributed by atoms with Gasteiger partial charge >= 0.3 is 0 Å². The second-order valence-electron chi connectivity index (χ2n) is 5.98. The summed E-state index contributed by atoms with van der Waals surface area (Å²) < 4.78 is 5.39. The smallest absolute Gasteiger partial charge is 0.228 e. The molecule has 0 aromatic carbocycles. The second kappa shape index (κ2) is 4.75. The molecule has 4 nitrogen and oxygen atoms in total. The fraction of sp³-hybridized carbons (Fsp3) is 0.714. The number of nitrogens with zero attached hydrogens (tertiary/aromatic N) is 2. The van der Waals surface area contributed by atoms with Crippen LogP contribution in [0.5, 0.6) is 0 Å². The number of aromatic nitrogens is 1. The van der Waals surface area contributed by atoms with Crippen molar-refractivity contribution >= 4 is 5.91 Å². The highest BCUT2D eigenvalue weighted by molar-refractivity contribution is 5.82. The van der Waals surface area contributed by atoms with Crippen molar-refractivity contribution < 1.29 is 9.32 Å². The van der Waals surface area contributed by atoms with Crippen LogP contribution in [0.15, 0.2) is 10.6 Å². The average molecular weight is 250 g/mol. The number of carbonyl (C=O) groups is 1. The Balaban J connectivity index is 2.20. The third-order valence-electron chi connectivity index (χ3n) is 3.42. The van der Waals surface area contributed by atoms with Crippen LogP contribution in [0.2, 0.25) is 0 Å². The molecule has 1 atom stereocenters. The Labute approximate surface area is 108 Å². The Hall–Kier alpha value is -1.32.